The van der Waals surface area contributed by atoms with Crippen LogP contribution in [-0.4, -0.2) is 63.5 Å². The third-order valence-electron chi connectivity index (χ3n) is 4.00. The lowest BCUT2D eigenvalue weighted by atomic mass is 10.0. The summed E-state index contributed by atoms with van der Waals surface area (Å²) < 4.78 is 37.2. The minimum absolute atomic E-state index is 0.0845. The van der Waals surface area contributed by atoms with Gasteiger partial charge in [0.2, 0.25) is 10.0 Å². The summed E-state index contributed by atoms with van der Waals surface area (Å²) in [6, 6.07) is -0.148. The number of hydrogen-bond acceptors (Lipinski definition) is 5. The molecule has 0 amide bonds. The van der Waals surface area contributed by atoms with E-state index in [1.165, 1.54) is 0 Å². The predicted molar refractivity (Wildman–Crippen MR) is 72.3 cm³/mol. The molecular weight excluding hydrogens is 268 g/mol. The molecule has 6 nitrogen and oxygen atoms in total. The van der Waals surface area contributed by atoms with Crippen molar-refractivity contribution in [3.05, 3.63) is 0 Å². The summed E-state index contributed by atoms with van der Waals surface area (Å²) >= 11 is 0. The van der Waals surface area contributed by atoms with E-state index < -0.39 is 10.0 Å². The van der Waals surface area contributed by atoms with Crippen LogP contribution in [-0.2, 0) is 19.5 Å². The summed E-state index contributed by atoms with van der Waals surface area (Å²) in [4.78, 5) is 0. The van der Waals surface area contributed by atoms with Gasteiger partial charge in [0.25, 0.3) is 0 Å². The molecule has 2 N–H and O–H groups in total. The van der Waals surface area contributed by atoms with Crippen LogP contribution in [0.2, 0.25) is 0 Å². The highest BCUT2D eigenvalue weighted by Gasteiger charge is 2.37. The Kier molecular flexibility index (Phi) is 5.19. The van der Waals surface area contributed by atoms with Crippen molar-refractivity contribution in [2.45, 2.75) is 43.9 Å². The van der Waals surface area contributed by atoms with Gasteiger partial charge in [-0.2, -0.15) is 4.31 Å². The Bertz CT molecular complexity index is 381. The number of methoxy groups -OCH3 is 1. The van der Waals surface area contributed by atoms with Crippen molar-refractivity contribution in [1.29, 1.82) is 0 Å². The average Bonchev–Trinajstić information content (AvgIpc) is 2.89. The van der Waals surface area contributed by atoms with E-state index >= 15 is 0 Å². The highest BCUT2D eigenvalue weighted by molar-refractivity contribution is 7.89. The van der Waals surface area contributed by atoms with Crippen molar-refractivity contribution in [3.63, 3.8) is 0 Å². The summed E-state index contributed by atoms with van der Waals surface area (Å²) in [7, 11) is -1.63. The van der Waals surface area contributed by atoms with Gasteiger partial charge in [-0.1, -0.05) is 0 Å². The highest BCUT2D eigenvalue weighted by atomic mass is 32.2. The first-order valence-corrected chi connectivity index (χ1v) is 8.51. The number of sulfonamides is 1. The predicted octanol–water partition coefficient (Wildman–Crippen LogP) is -0.0667. The van der Waals surface area contributed by atoms with E-state index in [1.54, 1.807) is 11.4 Å². The Morgan fingerprint density at radius 3 is 2.79 bits per heavy atom. The molecule has 0 aromatic rings. The van der Waals surface area contributed by atoms with Crippen LogP contribution in [0, 0.1) is 0 Å². The molecule has 2 aliphatic rings. The fourth-order valence-electron chi connectivity index (χ4n) is 2.89. The van der Waals surface area contributed by atoms with Gasteiger partial charge < -0.3 is 15.2 Å². The van der Waals surface area contributed by atoms with Crippen LogP contribution < -0.4 is 5.73 Å². The zero-order valence-electron chi connectivity index (χ0n) is 11.5. The first kappa shape index (κ1) is 15.2. The Labute approximate surface area is 115 Å². The minimum Gasteiger partial charge on any atom is -0.381 e. The van der Waals surface area contributed by atoms with Crippen molar-refractivity contribution in [3.8, 4) is 0 Å². The summed E-state index contributed by atoms with van der Waals surface area (Å²) in [5.74, 6) is 0.0845. The zero-order chi connectivity index (χ0) is 13.9. The van der Waals surface area contributed by atoms with Crippen LogP contribution in [0.1, 0.15) is 25.7 Å². The molecule has 0 spiro atoms. The number of rotatable bonds is 5. The van der Waals surface area contributed by atoms with Crippen LogP contribution in [0.4, 0.5) is 0 Å². The molecule has 2 fully saturated rings. The van der Waals surface area contributed by atoms with Gasteiger partial charge in [-0.05, 0) is 25.7 Å². The van der Waals surface area contributed by atoms with Gasteiger partial charge in [-0.25, -0.2) is 8.42 Å². The van der Waals surface area contributed by atoms with Crippen molar-refractivity contribution in [2.24, 2.45) is 5.73 Å². The van der Waals surface area contributed by atoms with E-state index in [4.69, 9.17) is 15.2 Å². The monoisotopic (exact) mass is 292 g/mol. The lowest BCUT2D eigenvalue weighted by molar-refractivity contribution is 0.0396. The number of nitrogens with zero attached hydrogens (tertiary/aromatic N) is 1. The normalized spacial score (nSPS) is 33.7. The molecule has 112 valence electrons. The Morgan fingerprint density at radius 1 is 1.42 bits per heavy atom. The number of piperidine rings is 1. The number of nitrogens with two attached hydrogens (primary N) is 1. The van der Waals surface area contributed by atoms with Gasteiger partial charge in [0.05, 0.1) is 18.0 Å². The highest BCUT2D eigenvalue weighted by Crippen LogP contribution is 2.24. The van der Waals surface area contributed by atoms with E-state index in [-0.39, 0.29) is 24.0 Å². The van der Waals surface area contributed by atoms with Crippen molar-refractivity contribution in [1.82, 2.24) is 4.31 Å². The van der Waals surface area contributed by atoms with Crippen molar-refractivity contribution < 1.29 is 17.9 Å². The topological polar surface area (TPSA) is 81.9 Å². The van der Waals surface area contributed by atoms with E-state index in [0.717, 1.165) is 19.3 Å². The maximum absolute atomic E-state index is 12.5. The third-order valence-corrected chi connectivity index (χ3v) is 5.99. The van der Waals surface area contributed by atoms with Gasteiger partial charge in [-0.3, -0.25) is 0 Å². The van der Waals surface area contributed by atoms with Crippen LogP contribution in [0.5, 0.6) is 0 Å². The molecule has 3 atom stereocenters. The second-order valence-electron chi connectivity index (χ2n) is 5.30. The van der Waals surface area contributed by atoms with Crippen molar-refractivity contribution >= 4 is 10.0 Å². The van der Waals surface area contributed by atoms with Crippen LogP contribution >= 0.6 is 0 Å². The van der Waals surface area contributed by atoms with E-state index in [2.05, 4.69) is 0 Å². The van der Waals surface area contributed by atoms with Gasteiger partial charge >= 0.3 is 0 Å². The molecular formula is C12H24N2O4S. The quantitative estimate of drug-likeness (QED) is 0.767. The van der Waals surface area contributed by atoms with Gasteiger partial charge in [0, 0.05) is 32.8 Å². The largest absolute Gasteiger partial charge is 0.381 e. The van der Waals surface area contributed by atoms with Gasteiger partial charge in [-0.15, -0.1) is 0 Å². The molecule has 2 heterocycles. The fraction of sp³-hybridized carbons (Fsp3) is 1.00. The lowest BCUT2D eigenvalue weighted by Crippen LogP contribution is -2.52. The first-order chi connectivity index (χ1) is 9.06. The first-order valence-electron chi connectivity index (χ1n) is 6.91. The molecule has 0 radical (unpaired) electrons. The second-order valence-corrected chi connectivity index (χ2v) is 7.26. The molecule has 7 heteroatoms. The van der Waals surface area contributed by atoms with Crippen molar-refractivity contribution in [2.75, 3.05) is 32.6 Å². The second kappa shape index (κ2) is 6.49. The third kappa shape index (κ3) is 3.66. The molecule has 0 bridgehead atoms. The molecule has 2 aliphatic heterocycles. The molecule has 0 saturated carbocycles. The molecule has 0 aromatic carbocycles. The standard InChI is InChI=1S/C12H24N2O4S/c1-17-11-4-5-14(10(7-11)8-13)19(15,16)9-12-3-2-6-18-12/h10-12H,2-9,13H2,1H3. The summed E-state index contributed by atoms with van der Waals surface area (Å²) in [6.07, 6.45) is 3.16. The van der Waals surface area contributed by atoms with E-state index in [9.17, 15) is 8.42 Å². The maximum atomic E-state index is 12.5. The molecule has 19 heavy (non-hydrogen) atoms. The SMILES string of the molecule is COC1CCN(S(=O)(=O)CC2CCCO2)C(CN)C1. The number of ether oxygens (including phenoxy) is 2. The Hall–Kier alpha value is -0.210. The Morgan fingerprint density at radius 2 is 2.21 bits per heavy atom. The number of hydrogen-bond donors (Lipinski definition) is 1. The Balaban J connectivity index is 2.01. The minimum atomic E-state index is -3.29. The average molecular weight is 292 g/mol. The lowest BCUT2D eigenvalue weighted by Gasteiger charge is -2.37. The van der Waals surface area contributed by atoms with E-state index in [0.29, 0.717) is 26.1 Å². The van der Waals surface area contributed by atoms with Gasteiger partial charge in [0.15, 0.2) is 0 Å². The molecule has 0 aromatic heterocycles. The summed E-state index contributed by atoms with van der Waals surface area (Å²) in [5, 5.41) is 0. The molecule has 0 aliphatic carbocycles. The van der Waals surface area contributed by atoms with Crippen LogP contribution in [0.15, 0.2) is 0 Å². The maximum Gasteiger partial charge on any atom is 0.216 e. The molecule has 2 rings (SSSR count). The van der Waals surface area contributed by atoms with Crippen LogP contribution in [0.3, 0.4) is 0 Å². The molecule has 3 unspecified atom stereocenters. The molecule has 2 saturated heterocycles. The zero-order valence-corrected chi connectivity index (χ0v) is 12.3. The summed E-state index contributed by atoms with van der Waals surface area (Å²) in [6.45, 7) is 1.51. The van der Waals surface area contributed by atoms with Crippen LogP contribution in [0.25, 0.3) is 0 Å². The van der Waals surface area contributed by atoms with Gasteiger partial charge in [0.1, 0.15) is 0 Å². The summed E-state index contributed by atoms with van der Waals surface area (Å²) in [5.41, 5.74) is 5.72. The fourth-order valence-corrected chi connectivity index (χ4v) is 4.83. The smallest absolute Gasteiger partial charge is 0.216 e. The van der Waals surface area contributed by atoms with E-state index in [1.807, 2.05) is 0 Å².